The minimum Gasteiger partial charge on any atom is -0.459 e. The number of hydrogen-bond donors (Lipinski definition) is 3. The van der Waals surface area contributed by atoms with Crippen LogP contribution in [0.4, 0.5) is 4.79 Å². The molecule has 0 heterocycles. The van der Waals surface area contributed by atoms with Gasteiger partial charge < -0.3 is 39.6 Å². The van der Waals surface area contributed by atoms with Crippen molar-refractivity contribution < 1.29 is 47.7 Å². The first-order valence-electron chi connectivity index (χ1n) is 20.7. The number of nitrogens with one attached hydrogen (secondary N) is 3. The van der Waals surface area contributed by atoms with Crippen LogP contribution in [0, 0.1) is 0 Å². The summed E-state index contributed by atoms with van der Waals surface area (Å²) in [6.07, 6.45) is -0.0760. The fourth-order valence-electron chi connectivity index (χ4n) is 6.00. The highest BCUT2D eigenvalue weighted by atomic mass is 16.6. The van der Waals surface area contributed by atoms with Gasteiger partial charge in [0, 0.05) is 19.6 Å². The van der Waals surface area contributed by atoms with Crippen molar-refractivity contribution in [3.8, 4) is 0 Å². The second-order valence-corrected chi connectivity index (χ2v) is 15.5. The predicted octanol–water partition coefficient (Wildman–Crippen LogP) is 7.11. The lowest BCUT2D eigenvalue weighted by atomic mass is 10.1. The van der Waals surface area contributed by atoms with Crippen LogP contribution in [0.2, 0.25) is 0 Å². The van der Waals surface area contributed by atoms with Crippen molar-refractivity contribution in [3.63, 3.8) is 0 Å². The van der Waals surface area contributed by atoms with E-state index in [9.17, 15) is 24.0 Å². The van der Waals surface area contributed by atoms with Gasteiger partial charge in [0.25, 0.3) is 0 Å². The molecule has 0 saturated carbocycles. The zero-order chi connectivity index (χ0) is 43.7. The lowest BCUT2D eigenvalue weighted by molar-refractivity contribution is -0.149. The van der Waals surface area contributed by atoms with E-state index in [2.05, 4.69) is 16.0 Å². The van der Waals surface area contributed by atoms with Crippen LogP contribution < -0.4 is 16.0 Å². The molecule has 13 heteroatoms. The van der Waals surface area contributed by atoms with Crippen molar-refractivity contribution in [3.05, 3.63) is 144 Å². The third kappa shape index (κ3) is 19.7. The Morgan fingerprint density at radius 2 is 0.885 bits per heavy atom. The summed E-state index contributed by atoms with van der Waals surface area (Å²) in [7, 11) is 0. The number of alkyl carbamates (subject to hydrolysis) is 1. The standard InChI is InChI=1S/C48H59N3O10/c1-48(2,3)61-47(56)51-40(44(53)50-42(46(55)60-35-39-24-14-7-15-25-39)27-17-31-58-33-37-20-10-5-11-21-37)28-29-43(52)49-41(45(54)59-34-38-22-12-6-13-23-38)26-16-30-57-32-36-18-8-4-9-19-36/h4-15,18-25,40-42H,16-17,26-35H2,1-3H3,(H,49,52)(H,50,53)(H,51,56). The Bertz CT molecular complexity index is 1910. The number of benzene rings is 4. The van der Waals surface area contributed by atoms with Gasteiger partial charge in [-0.25, -0.2) is 14.4 Å². The molecular weight excluding hydrogens is 779 g/mol. The van der Waals surface area contributed by atoms with E-state index in [1.165, 1.54) is 0 Å². The highest BCUT2D eigenvalue weighted by molar-refractivity contribution is 5.90. The summed E-state index contributed by atoms with van der Waals surface area (Å²) in [5.41, 5.74) is 2.68. The molecule has 4 rings (SSSR count). The van der Waals surface area contributed by atoms with Crippen LogP contribution in [0.1, 0.15) is 81.5 Å². The summed E-state index contributed by atoms with van der Waals surface area (Å²) in [6, 6.07) is 34.3. The van der Waals surface area contributed by atoms with Crippen LogP contribution in [0.5, 0.6) is 0 Å². The van der Waals surface area contributed by atoms with E-state index >= 15 is 0 Å². The monoisotopic (exact) mass is 837 g/mol. The summed E-state index contributed by atoms with van der Waals surface area (Å²) in [4.78, 5) is 67.2. The van der Waals surface area contributed by atoms with Crippen LogP contribution in [0.15, 0.2) is 121 Å². The Kier molecular flexibility index (Phi) is 20.5. The van der Waals surface area contributed by atoms with Gasteiger partial charge in [0.1, 0.15) is 36.9 Å². The van der Waals surface area contributed by atoms with Crippen molar-refractivity contribution in [2.75, 3.05) is 13.2 Å². The van der Waals surface area contributed by atoms with Gasteiger partial charge in [-0.2, -0.15) is 0 Å². The van der Waals surface area contributed by atoms with E-state index in [0.29, 0.717) is 39.3 Å². The Labute approximate surface area is 358 Å². The fourth-order valence-corrected chi connectivity index (χ4v) is 6.00. The smallest absolute Gasteiger partial charge is 0.408 e. The third-order valence-corrected chi connectivity index (χ3v) is 9.12. The molecule has 3 unspecified atom stereocenters. The molecule has 0 aromatic heterocycles. The Hall–Kier alpha value is -6.05. The van der Waals surface area contributed by atoms with Crippen LogP contribution >= 0.6 is 0 Å². The Morgan fingerprint density at radius 3 is 1.30 bits per heavy atom. The van der Waals surface area contributed by atoms with E-state index in [-0.39, 0.29) is 38.9 Å². The normalized spacial score (nSPS) is 12.6. The summed E-state index contributed by atoms with van der Waals surface area (Å²) in [5.74, 6) is -2.56. The maximum absolute atomic E-state index is 13.9. The maximum atomic E-state index is 13.9. The van der Waals surface area contributed by atoms with Gasteiger partial charge >= 0.3 is 18.0 Å². The molecule has 0 aliphatic rings. The quantitative estimate of drug-likeness (QED) is 0.0356. The first kappa shape index (κ1) is 47.6. The summed E-state index contributed by atoms with van der Waals surface area (Å²) in [5, 5.41) is 8.06. The van der Waals surface area contributed by atoms with Gasteiger partial charge in [-0.1, -0.05) is 121 Å². The van der Waals surface area contributed by atoms with E-state index in [0.717, 1.165) is 22.3 Å². The molecule has 4 aromatic rings. The van der Waals surface area contributed by atoms with Crippen molar-refractivity contribution >= 4 is 29.8 Å². The Balaban J connectivity index is 1.40. The van der Waals surface area contributed by atoms with Gasteiger partial charge in [-0.05, 0) is 75.1 Å². The van der Waals surface area contributed by atoms with Crippen molar-refractivity contribution in [1.82, 2.24) is 16.0 Å². The van der Waals surface area contributed by atoms with E-state index in [4.69, 9.17) is 23.7 Å². The average Bonchev–Trinajstić information content (AvgIpc) is 3.25. The molecule has 0 spiro atoms. The zero-order valence-electron chi connectivity index (χ0n) is 35.3. The number of ether oxygens (including phenoxy) is 5. The van der Waals surface area contributed by atoms with E-state index in [1.54, 1.807) is 20.8 Å². The molecule has 0 bridgehead atoms. The second-order valence-electron chi connectivity index (χ2n) is 15.5. The number of rotatable bonds is 25. The molecule has 4 aromatic carbocycles. The molecule has 0 radical (unpaired) electrons. The SMILES string of the molecule is CC(C)(C)OC(=O)NC(CCC(=O)NC(CCCOCc1ccccc1)C(=O)OCc1ccccc1)C(=O)NC(CCCOCc1ccccc1)C(=O)OCc1ccccc1. The second kappa shape index (κ2) is 26.2. The largest absolute Gasteiger partial charge is 0.459 e. The van der Waals surface area contributed by atoms with E-state index < -0.39 is 53.6 Å². The molecule has 61 heavy (non-hydrogen) atoms. The molecule has 0 aliphatic carbocycles. The molecule has 13 nitrogen and oxygen atoms in total. The maximum Gasteiger partial charge on any atom is 0.408 e. The van der Waals surface area contributed by atoms with Gasteiger partial charge in [-0.15, -0.1) is 0 Å². The van der Waals surface area contributed by atoms with E-state index in [1.807, 2.05) is 121 Å². The van der Waals surface area contributed by atoms with Gasteiger partial charge in [0.15, 0.2) is 0 Å². The third-order valence-electron chi connectivity index (χ3n) is 9.12. The van der Waals surface area contributed by atoms with Gasteiger partial charge in [0.2, 0.25) is 11.8 Å². The highest BCUT2D eigenvalue weighted by Gasteiger charge is 2.30. The molecule has 3 atom stereocenters. The van der Waals surface area contributed by atoms with Gasteiger partial charge in [-0.3, -0.25) is 9.59 Å². The minimum atomic E-state index is -1.30. The zero-order valence-corrected chi connectivity index (χ0v) is 35.3. The first-order chi connectivity index (χ1) is 29.4. The average molecular weight is 838 g/mol. The first-order valence-corrected chi connectivity index (χ1v) is 20.7. The Morgan fingerprint density at radius 1 is 0.492 bits per heavy atom. The predicted molar refractivity (Wildman–Crippen MR) is 229 cm³/mol. The van der Waals surface area contributed by atoms with Crippen molar-refractivity contribution in [2.24, 2.45) is 0 Å². The summed E-state index contributed by atoms with van der Waals surface area (Å²) >= 11 is 0. The number of amides is 3. The number of esters is 2. The molecule has 0 saturated heterocycles. The van der Waals surface area contributed by atoms with Crippen LogP contribution in [-0.2, 0) is 69.3 Å². The molecule has 3 N–H and O–H groups in total. The van der Waals surface area contributed by atoms with Crippen LogP contribution in [0.3, 0.4) is 0 Å². The van der Waals surface area contributed by atoms with Crippen molar-refractivity contribution in [1.29, 1.82) is 0 Å². The summed E-state index contributed by atoms with van der Waals surface area (Å²) in [6.45, 7) is 6.47. The molecular formula is C48H59N3O10. The van der Waals surface area contributed by atoms with Gasteiger partial charge in [0.05, 0.1) is 13.2 Å². The highest BCUT2D eigenvalue weighted by Crippen LogP contribution is 2.13. The van der Waals surface area contributed by atoms with Crippen molar-refractivity contribution in [2.45, 2.75) is 109 Å². The van der Waals surface area contributed by atoms with Crippen LogP contribution in [-0.4, -0.2) is 66.8 Å². The van der Waals surface area contributed by atoms with Crippen LogP contribution in [0.25, 0.3) is 0 Å². The lowest BCUT2D eigenvalue weighted by Crippen LogP contribution is -2.53. The minimum absolute atomic E-state index is 0.00951. The molecule has 3 amide bonds. The molecule has 0 aliphatic heterocycles. The number of carbonyl (C=O) groups is 5. The fraction of sp³-hybridized carbons (Fsp3) is 0.396. The molecule has 326 valence electrons. The lowest BCUT2D eigenvalue weighted by Gasteiger charge is -2.25. The number of hydrogen-bond acceptors (Lipinski definition) is 10. The summed E-state index contributed by atoms with van der Waals surface area (Å²) < 4.78 is 28.2. The molecule has 0 fully saturated rings. The number of carbonyl (C=O) groups excluding carboxylic acids is 5. The topological polar surface area (TPSA) is 168 Å².